The first kappa shape index (κ1) is 18.5. The maximum atomic E-state index is 13.2. The van der Waals surface area contributed by atoms with E-state index in [4.69, 9.17) is 4.74 Å². The number of imide groups is 2. The molecule has 4 rings (SSSR count). The quantitative estimate of drug-likeness (QED) is 0.549. The van der Waals surface area contributed by atoms with Gasteiger partial charge in [0.15, 0.2) is 0 Å². The van der Waals surface area contributed by atoms with Crippen LogP contribution in [0.5, 0.6) is 5.75 Å². The van der Waals surface area contributed by atoms with Gasteiger partial charge in [0.1, 0.15) is 11.3 Å². The van der Waals surface area contributed by atoms with Crippen molar-refractivity contribution in [3.8, 4) is 5.75 Å². The van der Waals surface area contributed by atoms with Crippen LogP contribution in [-0.4, -0.2) is 29.0 Å². The molecule has 1 aliphatic rings. The number of nitrogens with one attached hydrogen (secondary N) is 1. The molecular weight excluding hydrogens is 370 g/mol. The third-order valence-corrected chi connectivity index (χ3v) is 4.74. The lowest BCUT2D eigenvalue weighted by atomic mass is 10.1. The maximum Gasteiger partial charge on any atom is 0.336 e. The van der Waals surface area contributed by atoms with E-state index >= 15 is 0 Å². The van der Waals surface area contributed by atoms with E-state index in [0.717, 1.165) is 15.8 Å². The zero-order chi connectivity index (χ0) is 20.5. The second kappa shape index (κ2) is 7.27. The molecule has 2 aromatic carbocycles. The van der Waals surface area contributed by atoms with Crippen LogP contribution in [0.4, 0.5) is 10.5 Å². The van der Waals surface area contributed by atoms with Crippen LogP contribution in [0.1, 0.15) is 12.5 Å². The fraction of sp³-hybridized carbons (Fsp3) is 0.136. The minimum Gasteiger partial charge on any atom is -0.492 e. The molecule has 1 fully saturated rings. The van der Waals surface area contributed by atoms with Crippen molar-refractivity contribution in [2.75, 3.05) is 11.5 Å². The molecule has 1 N–H and O–H groups in total. The average molecular weight is 389 g/mol. The van der Waals surface area contributed by atoms with E-state index < -0.39 is 17.8 Å². The van der Waals surface area contributed by atoms with Crippen LogP contribution in [-0.2, 0) is 16.6 Å². The molecule has 0 bridgehead atoms. The molecule has 2 heterocycles. The molecule has 0 saturated carbocycles. The Morgan fingerprint density at radius 1 is 1.03 bits per heavy atom. The first-order valence-corrected chi connectivity index (χ1v) is 9.18. The number of barbiturate groups is 1. The minimum absolute atomic E-state index is 0.118. The smallest absolute Gasteiger partial charge is 0.336 e. The monoisotopic (exact) mass is 389 g/mol. The highest BCUT2D eigenvalue weighted by molar-refractivity contribution is 6.39. The van der Waals surface area contributed by atoms with Gasteiger partial charge < -0.3 is 9.30 Å². The van der Waals surface area contributed by atoms with Gasteiger partial charge in [-0.2, -0.15) is 0 Å². The molecule has 146 valence electrons. The van der Waals surface area contributed by atoms with Crippen LogP contribution in [0.3, 0.4) is 0 Å². The summed E-state index contributed by atoms with van der Waals surface area (Å²) in [4.78, 5) is 39.0. The number of aromatic nitrogens is 1. The van der Waals surface area contributed by atoms with Crippen molar-refractivity contribution < 1.29 is 19.1 Å². The molecule has 0 spiro atoms. The Kier molecular flexibility index (Phi) is 4.64. The number of benzene rings is 2. The Bertz CT molecular complexity index is 1180. The first-order valence-electron chi connectivity index (χ1n) is 9.18. The second-order valence-electron chi connectivity index (χ2n) is 6.57. The first-order chi connectivity index (χ1) is 14.0. The van der Waals surface area contributed by atoms with Gasteiger partial charge in [-0.3, -0.25) is 14.9 Å². The Balaban J connectivity index is 1.81. The topological polar surface area (TPSA) is 80.6 Å². The third-order valence-electron chi connectivity index (χ3n) is 4.74. The standard InChI is InChI=1S/C22H19N3O4/c1-3-29-19-11-7-6-10-18(19)25-21(27)16(20(26)23-22(25)28)12-14-13-24(2)17-9-5-4-8-15(14)17/h4-13H,3H2,1-2H3,(H,23,26,28)/b16-12+. The van der Waals surface area contributed by atoms with Crippen LogP contribution < -0.4 is 15.0 Å². The van der Waals surface area contributed by atoms with Gasteiger partial charge in [0, 0.05) is 29.7 Å². The number of carbonyl (C=O) groups is 3. The summed E-state index contributed by atoms with van der Waals surface area (Å²) in [5.41, 5.74) is 1.85. The Morgan fingerprint density at radius 3 is 2.55 bits per heavy atom. The molecule has 0 unspecified atom stereocenters. The number of nitrogens with zero attached hydrogens (tertiary/aromatic N) is 2. The molecule has 4 amide bonds. The molecule has 0 atom stereocenters. The van der Waals surface area contributed by atoms with Gasteiger partial charge >= 0.3 is 6.03 Å². The van der Waals surface area contributed by atoms with E-state index in [-0.39, 0.29) is 11.3 Å². The third kappa shape index (κ3) is 3.16. The van der Waals surface area contributed by atoms with E-state index in [9.17, 15) is 14.4 Å². The number of hydrogen-bond acceptors (Lipinski definition) is 4. The van der Waals surface area contributed by atoms with Crippen molar-refractivity contribution in [1.29, 1.82) is 0 Å². The number of urea groups is 1. The van der Waals surface area contributed by atoms with Gasteiger partial charge in [-0.1, -0.05) is 30.3 Å². The van der Waals surface area contributed by atoms with Crippen molar-refractivity contribution in [3.63, 3.8) is 0 Å². The van der Waals surface area contributed by atoms with Gasteiger partial charge in [0.2, 0.25) is 0 Å². The van der Waals surface area contributed by atoms with Crippen molar-refractivity contribution in [2.24, 2.45) is 7.05 Å². The van der Waals surface area contributed by atoms with E-state index in [0.29, 0.717) is 17.9 Å². The average Bonchev–Trinajstić information content (AvgIpc) is 3.02. The normalized spacial score (nSPS) is 15.9. The van der Waals surface area contributed by atoms with Crippen LogP contribution in [0.25, 0.3) is 17.0 Å². The highest BCUT2D eigenvalue weighted by atomic mass is 16.5. The molecule has 7 heteroatoms. The molecule has 0 radical (unpaired) electrons. The summed E-state index contributed by atoms with van der Waals surface area (Å²) in [6.07, 6.45) is 3.36. The molecule has 0 aliphatic carbocycles. The predicted octanol–water partition coefficient (Wildman–Crippen LogP) is 3.24. The second-order valence-corrected chi connectivity index (χ2v) is 6.57. The Labute approximate surface area is 167 Å². The lowest BCUT2D eigenvalue weighted by Gasteiger charge is -2.27. The number of aryl methyl sites for hydroxylation is 1. The van der Waals surface area contributed by atoms with Crippen LogP contribution in [0.15, 0.2) is 60.3 Å². The summed E-state index contributed by atoms with van der Waals surface area (Å²) in [5, 5.41) is 3.15. The Morgan fingerprint density at radius 2 is 1.76 bits per heavy atom. The number of para-hydroxylation sites is 3. The molecule has 7 nitrogen and oxygen atoms in total. The lowest BCUT2D eigenvalue weighted by molar-refractivity contribution is -0.122. The number of anilines is 1. The van der Waals surface area contributed by atoms with E-state index in [1.807, 2.05) is 49.0 Å². The molecule has 29 heavy (non-hydrogen) atoms. The van der Waals surface area contributed by atoms with E-state index in [1.54, 1.807) is 24.3 Å². The van der Waals surface area contributed by atoms with Gasteiger partial charge in [-0.05, 0) is 31.2 Å². The zero-order valence-electron chi connectivity index (χ0n) is 16.0. The summed E-state index contributed by atoms with van der Waals surface area (Å²) in [6.45, 7) is 2.18. The lowest BCUT2D eigenvalue weighted by Crippen LogP contribution is -2.54. The number of carbonyl (C=O) groups excluding carboxylic acids is 3. The van der Waals surface area contributed by atoms with E-state index in [2.05, 4.69) is 5.32 Å². The van der Waals surface area contributed by atoms with E-state index in [1.165, 1.54) is 6.08 Å². The Hall–Kier alpha value is -3.87. The molecule has 1 aliphatic heterocycles. The van der Waals surface area contributed by atoms with Crippen molar-refractivity contribution >= 4 is 40.5 Å². The molecular formula is C22H19N3O4. The summed E-state index contributed by atoms with van der Waals surface area (Å²) >= 11 is 0. The molecule has 1 saturated heterocycles. The SMILES string of the molecule is CCOc1ccccc1N1C(=O)NC(=O)/C(=C\c2cn(C)c3ccccc23)C1=O. The number of hydrogen-bond donors (Lipinski definition) is 1. The summed E-state index contributed by atoms with van der Waals surface area (Å²) in [6, 6.07) is 13.6. The van der Waals surface area contributed by atoms with Crippen molar-refractivity contribution in [3.05, 3.63) is 65.9 Å². The summed E-state index contributed by atoms with van der Waals surface area (Å²) in [7, 11) is 1.89. The zero-order valence-corrected chi connectivity index (χ0v) is 16.0. The van der Waals surface area contributed by atoms with Gasteiger partial charge in [0.05, 0.1) is 12.3 Å². The number of amides is 4. The van der Waals surface area contributed by atoms with Gasteiger partial charge in [0.25, 0.3) is 11.8 Å². The summed E-state index contributed by atoms with van der Waals surface area (Å²) < 4.78 is 7.46. The predicted molar refractivity (Wildman–Crippen MR) is 110 cm³/mol. The molecule has 1 aromatic heterocycles. The van der Waals surface area contributed by atoms with Crippen molar-refractivity contribution in [2.45, 2.75) is 6.92 Å². The van der Waals surface area contributed by atoms with Gasteiger partial charge in [-0.25, -0.2) is 9.69 Å². The highest BCUT2D eigenvalue weighted by Gasteiger charge is 2.38. The maximum absolute atomic E-state index is 13.2. The minimum atomic E-state index is -0.803. The summed E-state index contributed by atoms with van der Waals surface area (Å²) in [5.74, 6) is -1.03. The highest BCUT2D eigenvalue weighted by Crippen LogP contribution is 2.31. The van der Waals surface area contributed by atoms with Crippen LogP contribution >= 0.6 is 0 Å². The van der Waals surface area contributed by atoms with Crippen LogP contribution in [0.2, 0.25) is 0 Å². The number of ether oxygens (including phenoxy) is 1. The molecule has 3 aromatic rings. The van der Waals surface area contributed by atoms with Gasteiger partial charge in [-0.15, -0.1) is 0 Å². The number of rotatable bonds is 4. The largest absolute Gasteiger partial charge is 0.492 e. The van der Waals surface area contributed by atoms with Crippen LogP contribution in [0, 0.1) is 0 Å². The fourth-order valence-corrected chi connectivity index (χ4v) is 3.44. The number of fused-ring (bicyclic) bond motifs is 1. The fourth-order valence-electron chi connectivity index (χ4n) is 3.44. The van der Waals surface area contributed by atoms with Crippen molar-refractivity contribution in [1.82, 2.24) is 9.88 Å².